The number of hydrogen-bond donors (Lipinski definition) is 1. The van der Waals surface area contributed by atoms with Crippen molar-refractivity contribution in [2.24, 2.45) is 0 Å². The molecule has 2 aromatic rings. The van der Waals surface area contributed by atoms with Crippen LogP contribution in [-0.4, -0.2) is 50.3 Å². The Morgan fingerprint density at radius 3 is 2.62 bits per heavy atom. The van der Waals surface area contributed by atoms with E-state index in [1.807, 2.05) is 24.5 Å². The van der Waals surface area contributed by atoms with Crippen molar-refractivity contribution in [2.75, 3.05) is 40.4 Å². The third kappa shape index (κ3) is 3.68. The lowest BCUT2D eigenvalue weighted by atomic mass is 9.96. The third-order valence-electron chi connectivity index (χ3n) is 4.49. The predicted octanol–water partition coefficient (Wildman–Crippen LogP) is 2.48. The van der Waals surface area contributed by atoms with Gasteiger partial charge in [-0.05, 0) is 48.9 Å². The molecule has 1 saturated heterocycles. The van der Waals surface area contributed by atoms with Gasteiger partial charge in [0.05, 0.1) is 20.3 Å². The van der Waals surface area contributed by atoms with Crippen LogP contribution in [0.1, 0.15) is 23.6 Å². The Morgan fingerprint density at radius 1 is 1.04 bits per heavy atom. The second kappa shape index (κ2) is 8.13. The molecular weight excluding hydrogens is 302 g/mol. The van der Waals surface area contributed by atoms with E-state index in [1.54, 1.807) is 14.2 Å². The number of hydrogen-bond acceptors (Lipinski definition) is 5. The molecular formula is C19H25N3O2. The maximum Gasteiger partial charge on any atom is 0.124 e. The van der Waals surface area contributed by atoms with Crippen LogP contribution in [0.15, 0.2) is 42.7 Å². The van der Waals surface area contributed by atoms with Gasteiger partial charge in [-0.2, -0.15) is 0 Å². The van der Waals surface area contributed by atoms with Crippen LogP contribution in [0.5, 0.6) is 11.5 Å². The van der Waals surface area contributed by atoms with Crippen molar-refractivity contribution >= 4 is 0 Å². The molecule has 3 rings (SSSR count). The van der Waals surface area contributed by atoms with Crippen LogP contribution in [0, 0.1) is 0 Å². The van der Waals surface area contributed by atoms with E-state index in [0.29, 0.717) is 0 Å². The van der Waals surface area contributed by atoms with Crippen molar-refractivity contribution in [1.82, 2.24) is 15.2 Å². The van der Waals surface area contributed by atoms with Gasteiger partial charge in [0.2, 0.25) is 0 Å². The fourth-order valence-corrected chi connectivity index (χ4v) is 3.31. The van der Waals surface area contributed by atoms with Crippen molar-refractivity contribution in [3.8, 4) is 11.5 Å². The maximum absolute atomic E-state index is 5.66. The lowest BCUT2D eigenvalue weighted by Gasteiger charge is -2.32. The molecule has 24 heavy (non-hydrogen) atoms. The molecule has 5 nitrogen and oxygen atoms in total. The first-order valence-electron chi connectivity index (χ1n) is 8.40. The largest absolute Gasteiger partial charge is 0.497 e. The van der Waals surface area contributed by atoms with Gasteiger partial charge in [-0.3, -0.25) is 9.88 Å². The first kappa shape index (κ1) is 16.7. The van der Waals surface area contributed by atoms with Crippen LogP contribution in [0.2, 0.25) is 0 Å². The summed E-state index contributed by atoms with van der Waals surface area (Å²) in [5.41, 5.74) is 2.35. The van der Waals surface area contributed by atoms with Gasteiger partial charge in [-0.25, -0.2) is 0 Å². The molecule has 0 aliphatic carbocycles. The Labute approximate surface area is 143 Å². The van der Waals surface area contributed by atoms with Crippen molar-refractivity contribution < 1.29 is 9.47 Å². The summed E-state index contributed by atoms with van der Waals surface area (Å²) in [7, 11) is 3.42. The second-order valence-electron chi connectivity index (χ2n) is 5.93. The molecule has 5 heteroatoms. The Balaban J connectivity index is 2.07. The highest BCUT2D eigenvalue weighted by Crippen LogP contribution is 2.37. The minimum Gasteiger partial charge on any atom is -0.497 e. The number of methoxy groups -OCH3 is 2. The molecule has 1 aromatic carbocycles. The fraction of sp³-hybridized carbons (Fsp3) is 0.421. The standard InChI is InChI=1S/C19H25N3O2/c1-23-16-4-5-18(24-2)17(14-16)19(15-6-9-21-10-7-15)22-12-3-8-20-11-13-22/h4-7,9-10,14,19-20H,3,8,11-13H2,1-2H3. The molecule has 0 spiro atoms. The number of pyridine rings is 1. The molecule has 0 radical (unpaired) electrons. The molecule has 1 N–H and O–H groups in total. The molecule has 1 aliphatic rings. The molecule has 1 aliphatic heterocycles. The minimum atomic E-state index is 0.123. The van der Waals surface area contributed by atoms with E-state index in [1.165, 1.54) is 5.56 Å². The average molecular weight is 327 g/mol. The number of aromatic nitrogens is 1. The molecule has 128 valence electrons. The van der Waals surface area contributed by atoms with Crippen LogP contribution in [0.25, 0.3) is 0 Å². The SMILES string of the molecule is COc1ccc(OC)c(C(c2ccncc2)N2CCCNCC2)c1. The lowest BCUT2D eigenvalue weighted by Crippen LogP contribution is -2.33. The summed E-state index contributed by atoms with van der Waals surface area (Å²) in [6.07, 6.45) is 4.84. The van der Waals surface area contributed by atoms with E-state index in [-0.39, 0.29) is 6.04 Å². The van der Waals surface area contributed by atoms with Crippen molar-refractivity contribution in [1.29, 1.82) is 0 Å². The van der Waals surface area contributed by atoms with Crippen LogP contribution < -0.4 is 14.8 Å². The Hall–Kier alpha value is -2.11. The molecule has 1 aromatic heterocycles. The van der Waals surface area contributed by atoms with Gasteiger partial charge in [-0.1, -0.05) is 0 Å². The zero-order valence-corrected chi connectivity index (χ0v) is 14.4. The lowest BCUT2D eigenvalue weighted by molar-refractivity contribution is 0.235. The van der Waals surface area contributed by atoms with Crippen LogP contribution in [0.4, 0.5) is 0 Å². The highest BCUT2D eigenvalue weighted by Gasteiger charge is 2.26. The summed E-state index contributed by atoms with van der Waals surface area (Å²) >= 11 is 0. The van der Waals surface area contributed by atoms with Crippen molar-refractivity contribution in [2.45, 2.75) is 12.5 Å². The summed E-state index contributed by atoms with van der Waals surface area (Å²) < 4.78 is 11.1. The van der Waals surface area contributed by atoms with Gasteiger partial charge in [0.15, 0.2) is 0 Å². The van der Waals surface area contributed by atoms with E-state index in [0.717, 1.165) is 49.7 Å². The monoisotopic (exact) mass is 327 g/mol. The van der Waals surface area contributed by atoms with E-state index in [9.17, 15) is 0 Å². The molecule has 0 saturated carbocycles. The summed E-state index contributed by atoms with van der Waals surface area (Å²) in [6.45, 7) is 4.09. The summed E-state index contributed by atoms with van der Waals surface area (Å²) in [6, 6.07) is 10.3. The second-order valence-corrected chi connectivity index (χ2v) is 5.93. The van der Waals surface area contributed by atoms with Gasteiger partial charge in [0, 0.05) is 37.6 Å². The zero-order valence-electron chi connectivity index (χ0n) is 14.4. The number of nitrogens with one attached hydrogen (secondary N) is 1. The summed E-state index contributed by atoms with van der Waals surface area (Å²) in [5, 5.41) is 3.48. The first-order chi connectivity index (χ1) is 11.8. The van der Waals surface area contributed by atoms with Crippen molar-refractivity contribution in [3.05, 3.63) is 53.9 Å². The van der Waals surface area contributed by atoms with Gasteiger partial charge in [-0.15, -0.1) is 0 Å². The number of nitrogens with zero attached hydrogens (tertiary/aromatic N) is 2. The number of rotatable bonds is 5. The third-order valence-corrected chi connectivity index (χ3v) is 4.49. The normalized spacial score (nSPS) is 17.1. The molecule has 1 unspecified atom stereocenters. The molecule has 2 heterocycles. The van der Waals surface area contributed by atoms with E-state index in [4.69, 9.17) is 9.47 Å². The van der Waals surface area contributed by atoms with E-state index in [2.05, 4.69) is 33.4 Å². The molecule has 0 bridgehead atoms. The van der Waals surface area contributed by atoms with Gasteiger partial charge < -0.3 is 14.8 Å². The van der Waals surface area contributed by atoms with E-state index >= 15 is 0 Å². The highest BCUT2D eigenvalue weighted by atomic mass is 16.5. The Morgan fingerprint density at radius 2 is 1.88 bits per heavy atom. The summed E-state index contributed by atoms with van der Waals surface area (Å²) in [5.74, 6) is 1.73. The number of benzene rings is 1. The summed E-state index contributed by atoms with van der Waals surface area (Å²) in [4.78, 5) is 6.68. The average Bonchev–Trinajstić information content (AvgIpc) is 2.92. The Kier molecular flexibility index (Phi) is 5.67. The quantitative estimate of drug-likeness (QED) is 0.914. The topological polar surface area (TPSA) is 46.6 Å². The maximum atomic E-state index is 5.66. The fourth-order valence-electron chi connectivity index (χ4n) is 3.31. The van der Waals surface area contributed by atoms with Crippen molar-refractivity contribution in [3.63, 3.8) is 0 Å². The Bertz CT molecular complexity index is 640. The predicted molar refractivity (Wildman–Crippen MR) is 94.7 cm³/mol. The minimum absolute atomic E-state index is 0.123. The van der Waals surface area contributed by atoms with Crippen LogP contribution in [-0.2, 0) is 0 Å². The van der Waals surface area contributed by atoms with Gasteiger partial charge in [0.25, 0.3) is 0 Å². The van der Waals surface area contributed by atoms with Crippen LogP contribution in [0.3, 0.4) is 0 Å². The highest BCUT2D eigenvalue weighted by molar-refractivity contribution is 5.46. The van der Waals surface area contributed by atoms with Gasteiger partial charge in [0.1, 0.15) is 11.5 Å². The van der Waals surface area contributed by atoms with Gasteiger partial charge >= 0.3 is 0 Å². The first-order valence-corrected chi connectivity index (χ1v) is 8.40. The van der Waals surface area contributed by atoms with Crippen LogP contribution >= 0.6 is 0 Å². The molecule has 1 atom stereocenters. The number of ether oxygens (including phenoxy) is 2. The molecule has 0 amide bonds. The smallest absolute Gasteiger partial charge is 0.124 e. The zero-order chi connectivity index (χ0) is 16.8. The molecule has 1 fully saturated rings. The van der Waals surface area contributed by atoms with E-state index < -0.39 is 0 Å².